The van der Waals surface area contributed by atoms with Crippen LogP contribution in [0.4, 0.5) is 0 Å². The average Bonchev–Trinajstić information content (AvgIpc) is 3.24. The number of phenolic OH excluding ortho intramolecular Hbond substituents is 1. The predicted molar refractivity (Wildman–Crippen MR) is 157 cm³/mol. The quantitative estimate of drug-likeness (QED) is 0.281. The molecule has 4 fully saturated rings. The number of aldehydes is 1. The van der Waals surface area contributed by atoms with Crippen molar-refractivity contribution in [2.75, 3.05) is 7.11 Å². The molecular weight excluding hydrogens is 552 g/mol. The van der Waals surface area contributed by atoms with Gasteiger partial charge in [-0.05, 0) is 60.0 Å². The van der Waals surface area contributed by atoms with Gasteiger partial charge < -0.3 is 29.2 Å². The van der Waals surface area contributed by atoms with Gasteiger partial charge in [0.15, 0.2) is 22.6 Å². The van der Waals surface area contributed by atoms with Gasteiger partial charge in [0.1, 0.15) is 41.3 Å². The number of aliphatic hydroxyl groups is 1. The van der Waals surface area contributed by atoms with E-state index >= 15 is 0 Å². The number of hydrogen-bond donors (Lipinski definition) is 2. The van der Waals surface area contributed by atoms with Crippen LogP contribution in [0.2, 0.25) is 0 Å². The fourth-order valence-corrected chi connectivity index (χ4v) is 8.62. The minimum Gasteiger partial charge on any atom is -0.507 e. The van der Waals surface area contributed by atoms with Gasteiger partial charge >= 0.3 is 0 Å². The number of rotatable bonds is 6. The summed E-state index contributed by atoms with van der Waals surface area (Å²) in [5.74, 6) is -2.49. The van der Waals surface area contributed by atoms with E-state index in [0.717, 1.165) is 5.57 Å². The molecule has 3 heterocycles. The Kier molecular flexibility index (Phi) is 6.30. The van der Waals surface area contributed by atoms with Crippen LogP contribution in [0.15, 0.2) is 23.3 Å². The highest BCUT2D eigenvalue weighted by Gasteiger charge is 2.89. The van der Waals surface area contributed by atoms with Crippen LogP contribution >= 0.6 is 0 Å². The molecule has 7 unspecified atom stereocenters. The van der Waals surface area contributed by atoms with Gasteiger partial charge in [0.25, 0.3) is 0 Å². The third-order valence-corrected chi connectivity index (χ3v) is 11.1. The molecule has 232 valence electrons. The Hall–Kier alpha value is -3.01. The molecule has 2 N–H and O–H groups in total. The van der Waals surface area contributed by atoms with Crippen molar-refractivity contribution in [2.45, 2.75) is 115 Å². The van der Waals surface area contributed by atoms with Crippen LogP contribution in [0.5, 0.6) is 17.2 Å². The van der Waals surface area contributed by atoms with Crippen molar-refractivity contribution in [3.05, 3.63) is 40.0 Å². The number of Topliss-reactive ketones (excluding diaryl/α,β-unsaturated/α-hetero) is 2. The van der Waals surface area contributed by atoms with Crippen molar-refractivity contribution in [1.82, 2.24) is 0 Å². The van der Waals surface area contributed by atoms with Gasteiger partial charge in [0.05, 0.1) is 11.5 Å². The van der Waals surface area contributed by atoms with Gasteiger partial charge in [-0.3, -0.25) is 14.4 Å². The Bertz CT molecular complexity index is 1530. The second kappa shape index (κ2) is 9.02. The molecule has 7 atom stereocenters. The number of aliphatic hydroxyl groups excluding tert-OH is 1. The van der Waals surface area contributed by atoms with E-state index in [1.165, 1.54) is 7.11 Å². The molecule has 9 nitrogen and oxygen atoms in total. The lowest BCUT2D eigenvalue weighted by Gasteiger charge is -2.65. The number of ketones is 2. The Morgan fingerprint density at radius 1 is 1.09 bits per heavy atom. The Morgan fingerprint density at radius 2 is 1.77 bits per heavy atom. The number of ether oxygens (including phenoxy) is 4. The average molecular weight is 595 g/mol. The molecular formula is C34H42O9. The molecule has 1 aromatic rings. The Balaban J connectivity index is 1.71. The van der Waals surface area contributed by atoms with Crippen LogP contribution in [0.3, 0.4) is 0 Å². The molecule has 4 bridgehead atoms. The number of methoxy groups -OCH3 is 1. The van der Waals surface area contributed by atoms with Crippen molar-refractivity contribution in [1.29, 1.82) is 0 Å². The molecule has 0 radical (unpaired) electrons. The van der Waals surface area contributed by atoms with Gasteiger partial charge in [-0.15, -0.1) is 0 Å². The molecule has 6 aliphatic rings. The van der Waals surface area contributed by atoms with Crippen LogP contribution in [-0.2, 0) is 30.9 Å². The van der Waals surface area contributed by atoms with Gasteiger partial charge in [0, 0.05) is 36.0 Å². The maximum Gasteiger partial charge on any atom is 0.203 e. The summed E-state index contributed by atoms with van der Waals surface area (Å²) in [7, 11) is 1.36. The highest BCUT2D eigenvalue weighted by molar-refractivity contribution is 6.11. The minimum atomic E-state index is -1.75. The van der Waals surface area contributed by atoms with Gasteiger partial charge in [-0.1, -0.05) is 31.6 Å². The first kappa shape index (κ1) is 30.0. The number of phenols is 1. The molecule has 1 aromatic carbocycles. The molecule has 0 amide bonds. The Morgan fingerprint density at radius 3 is 2.37 bits per heavy atom. The smallest absolute Gasteiger partial charge is 0.203 e. The van der Waals surface area contributed by atoms with Crippen molar-refractivity contribution in [3.8, 4) is 17.2 Å². The zero-order chi connectivity index (χ0) is 31.7. The number of fused-ring (bicyclic) bond motifs is 3. The molecule has 9 heteroatoms. The Labute approximate surface area is 252 Å². The zero-order valence-electron chi connectivity index (χ0n) is 26.4. The largest absolute Gasteiger partial charge is 0.507 e. The first-order valence-corrected chi connectivity index (χ1v) is 15.0. The number of aromatic hydroxyl groups is 1. The monoisotopic (exact) mass is 594 g/mol. The van der Waals surface area contributed by atoms with Crippen molar-refractivity contribution in [2.24, 2.45) is 11.8 Å². The van der Waals surface area contributed by atoms with E-state index in [4.69, 9.17) is 18.9 Å². The van der Waals surface area contributed by atoms with Crippen LogP contribution < -0.4 is 9.47 Å². The summed E-state index contributed by atoms with van der Waals surface area (Å²) in [6.45, 7) is 15.2. The lowest BCUT2D eigenvalue weighted by molar-refractivity contribution is -0.263. The van der Waals surface area contributed by atoms with E-state index in [1.807, 2.05) is 54.5 Å². The van der Waals surface area contributed by atoms with Crippen LogP contribution in [0.25, 0.3) is 0 Å². The zero-order valence-corrected chi connectivity index (χ0v) is 26.4. The topological polar surface area (TPSA) is 129 Å². The maximum absolute atomic E-state index is 14.9. The van der Waals surface area contributed by atoms with E-state index in [1.54, 1.807) is 13.0 Å². The second-order valence-electron chi connectivity index (χ2n) is 14.4. The third kappa shape index (κ3) is 3.36. The number of carbonyl (C=O) groups is 3. The summed E-state index contributed by atoms with van der Waals surface area (Å²) < 4.78 is 26.1. The summed E-state index contributed by atoms with van der Waals surface area (Å²) in [6, 6.07) is 0. The fourth-order valence-electron chi connectivity index (χ4n) is 8.62. The lowest BCUT2D eigenvalue weighted by Crippen LogP contribution is -2.86. The van der Waals surface area contributed by atoms with E-state index in [0.29, 0.717) is 35.2 Å². The molecule has 3 saturated carbocycles. The summed E-state index contributed by atoms with van der Waals surface area (Å²) in [5, 5.41) is 23.8. The summed E-state index contributed by atoms with van der Waals surface area (Å²) in [6.07, 6.45) is 2.76. The fraction of sp³-hybridized carbons (Fsp3) is 0.618. The SMILES string of the molecule is COC12CC3C(C)(C)OC(CC=C(C)C=O)(C1=O)C31Oc3c(c(O)c(CC=C(C)C)c4c3C(C)(C)C(C)O4)C(=O)C1C2O. The molecule has 43 heavy (non-hydrogen) atoms. The maximum atomic E-state index is 14.9. The molecule has 7 rings (SSSR count). The highest BCUT2D eigenvalue weighted by atomic mass is 16.6. The number of hydrogen-bond acceptors (Lipinski definition) is 9. The first-order chi connectivity index (χ1) is 20.0. The van der Waals surface area contributed by atoms with Crippen LogP contribution in [0, 0.1) is 11.8 Å². The molecule has 0 aromatic heterocycles. The number of allylic oxidation sites excluding steroid dienone is 3. The molecule has 1 spiro atoms. The van der Waals surface area contributed by atoms with Crippen molar-refractivity contribution >= 4 is 17.9 Å². The highest BCUT2D eigenvalue weighted by Crippen LogP contribution is 2.72. The minimum absolute atomic E-state index is 0.0189. The normalized spacial score (nSPS) is 37.7. The second-order valence-corrected chi connectivity index (χ2v) is 14.4. The predicted octanol–water partition coefficient (Wildman–Crippen LogP) is 4.32. The standard InChI is InChI=1S/C34H42O9/c1-16(2)10-11-19-24(36)21-25(37)22-28(38)32(40-9)14-20-31(7,8)43-33(29(32)39,13-12-17(3)15-35)34(20,22)42-27(21)23-26(19)41-18(4)30(23,5)6/h10,12,15,18,20,22,28,36,38H,11,13-14H2,1-9H3. The number of benzene rings is 1. The van der Waals surface area contributed by atoms with Crippen molar-refractivity contribution < 1.29 is 43.5 Å². The van der Waals surface area contributed by atoms with Crippen LogP contribution in [-0.4, -0.2) is 69.8 Å². The van der Waals surface area contributed by atoms with Gasteiger partial charge in [0.2, 0.25) is 5.78 Å². The number of carbonyl (C=O) groups excluding carboxylic acids is 3. The third-order valence-electron chi connectivity index (χ3n) is 11.1. The summed E-state index contributed by atoms with van der Waals surface area (Å²) in [5.41, 5.74) is -4.19. The molecule has 1 saturated heterocycles. The first-order valence-electron chi connectivity index (χ1n) is 15.0. The lowest BCUT2D eigenvalue weighted by atomic mass is 9.44. The van der Waals surface area contributed by atoms with Crippen molar-refractivity contribution in [3.63, 3.8) is 0 Å². The summed E-state index contributed by atoms with van der Waals surface area (Å²) in [4.78, 5) is 41.2. The molecule has 3 aliphatic carbocycles. The molecule has 3 aliphatic heterocycles. The van der Waals surface area contributed by atoms with E-state index in [2.05, 4.69) is 0 Å². The van der Waals surface area contributed by atoms with Gasteiger partial charge in [-0.25, -0.2) is 0 Å². The van der Waals surface area contributed by atoms with E-state index in [-0.39, 0.29) is 36.0 Å². The van der Waals surface area contributed by atoms with E-state index < -0.39 is 57.3 Å². The van der Waals surface area contributed by atoms with Gasteiger partial charge in [-0.2, -0.15) is 0 Å². The summed E-state index contributed by atoms with van der Waals surface area (Å²) >= 11 is 0. The van der Waals surface area contributed by atoms with Crippen LogP contribution in [0.1, 0.15) is 89.7 Å². The van der Waals surface area contributed by atoms with E-state index in [9.17, 15) is 24.6 Å².